The summed E-state index contributed by atoms with van der Waals surface area (Å²) in [7, 11) is 1.02. The van der Waals surface area contributed by atoms with Gasteiger partial charge in [-0.3, -0.25) is 0 Å². The molecule has 0 fully saturated rings. The summed E-state index contributed by atoms with van der Waals surface area (Å²) >= 11 is 0. The smallest absolute Gasteiger partial charge is 0.437 e. The van der Waals surface area contributed by atoms with Crippen molar-refractivity contribution in [3.63, 3.8) is 0 Å². The molecule has 0 bridgehead atoms. The highest BCUT2D eigenvalue weighted by molar-refractivity contribution is 5.87. The number of esters is 1. The van der Waals surface area contributed by atoms with Crippen LogP contribution in [0.25, 0.3) is 0 Å². The van der Waals surface area contributed by atoms with Gasteiger partial charge in [-0.1, -0.05) is 0 Å². The van der Waals surface area contributed by atoms with Gasteiger partial charge in [0.25, 0.3) is 0 Å². The summed E-state index contributed by atoms with van der Waals surface area (Å²) in [6.07, 6.45) is -4.81. The fraction of sp³-hybridized carbons (Fsp3) is 0.250. The van der Waals surface area contributed by atoms with Crippen molar-refractivity contribution in [3.05, 3.63) is 23.5 Å². The lowest BCUT2D eigenvalue weighted by molar-refractivity contribution is -0.142. The maximum absolute atomic E-state index is 12.2. The van der Waals surface area contributed by atoms with Crippen molar-refractivity contribution in [2.24, 2.45) is 0 Å². The predicted molar refractivity (Wildman–Crippen MR) is 42.2 cm³/mol. The van der Waals surface area contributed by atoms with Crippen molar-refractivity contribution in [1.82, 2.24) is 4.98 Å². The van der Waals surface area contributed by atoms with Crippen LogP contribution in [0.4, 0.5) is 13.2 Å². The van der Waals surface area contributed by atoms with E-state index in [2.05, 4.69) is 9.72 Å². The SMILES string of the molecule is COC(=O)c1ccc(O)c(C(F)(F)F)n1. The van der Waals surface area contributed by atoms with Crippen LogP contribution in [0.15, 0.2) is 12.1 Å². The molecule has 7 heteroatoms. The highest BCUT2D eigenvalue weighted by atomic mass is 19.4. The summed E-state index contributed by atoms with van der Waals surface area (Å²) < 4.78 is 40.9. The standard InChI is InChI=1S/C8H6F3NO3/c1-15-7(14)4-2-3-5(13)6(12-4)8(9,10)11/h2-3,13H,1H3. The molecule has 15 heavy (non-hydrogen) atoms. The van der Waals surface area contributed by atoms with Crippen LogP contribution in [0, 0.1) is 0 Å². The van der Waals surface area contributed by atoms with Gasteiger partial charge in [-0.05, 0) is 12.1 Å². The van der Waals surface area contributed by atoms with E-state index in [1.807, 2.05) is 0 Å². The van der Waals surface area contributed by atoms with E-state index in [9.17, 15) is 18.0 Å². The molecule has 0 unspecified atom stereocenters. The zero-order valence-corrected chi connectivity index (χ0v) is 7.50. The number of nitrogens with zero attached hydrogens (tertiary/aromatic N) is 1. The molecular formula is C8H6F3NO3. The van der Waals surface area contributed by atoms with Gasteiger partial charge < -0.3 is 9.84 Å². The second-order valence-corrected chi connectivity index (χ2v) is 2.55. The molecule has 1 N–H and O–H groups in total. The maximum Gasteiger partial charge on any atom is 0.437 e. The molecule has 0 aliphatic rings. The third-order valence-electron chi connectivity index (χ3n) is 1.54. The molecule has 1 heterocycles. The Morgan fingerprint density at radius 1 is 1.47 bits per heavy atom. The van der Waals surface area contributed by atoms with E-state index in [4.69, 9.17) is 5.11 Å². The van der Waals surface area contributed by atoms with E-state index in [1.165, 1.54) is 0 Å². The number of halogens is 3. The number of hydrogen-bond donors (Lipinski definition) is 1. The van der Waals surface area contributed by atoms with Crippen LogP contribution in [0.5, 0.6) is 5.75 Å². The van der Waals surface area contributed by atoms with Gasteiger partial charge in [-0.15, -0.1) is 0 Å². The predicted octanol–water partition coefficient (Wildman–Crippen LogP) is 1.59. The second kappa shape index (κ2) is 3.76. The Kier molecular flexibility index (Phi) is 2.83. The number of aromatic hydroxyl groups is 1. The van der Waals surface area contributed by atoms with Crippen molar-refractivity contribution in [2.45, 2.75) is 6.18 Å². The third-order valence-corrected chi connectivity index (χ3v) is 1.54. The minimum atomic E-state index is -4.81. The zero-order chi connectivity index (χ0) is 11.6. The van der Waals surface area contributed by atoms with Crippen LogP contribution < -0.4 is 0 Å². The van der Waals surface area contributed by atoms with Gasteiger partial charge in [0.05, 0.1) is 7.11 Å². The lowest BCUT2D eigenvalue weighted by Gasteiger charge is -2.08. The molecule has 4 nitrogen and oxygen atoms in total. The Labute approximate surface area is 82.3 Å². The molecule has 82 valence electrons. The van der Waals surface area contributed by atoms with E-state index in [0.29, 0.717) is 0 Å². The summed E-state index contributed by atoms with van der Waals surface area (Å²) in [6, 6.07) is 1.68. The molecule has 0 radical (unpaired) electrons. The molecule has 1 aromatic rings. The largest absolute Gasteiger partial charge is 0.506 e. The quantitative estimate of drug-likeness (QED) is 0.731. The van der Waals surface area contributed by atoms with Crippen molar-refractivity contribution in [2.75, 3.05) is 7.11 Å². The van der Waals surface area contributed by atoms with Gasteiger partial charge in [0.1, 0.15) is 11.4 Å². The first-order valence-electron chi connectivity index (χ1n) is 3.71. The van der Waals surface area contributed by atoms with Crippen molar-refractivity contribution in [3.8, 4) is 5.75 Å². The molecule has 0 aliphatic carbocycles. The minimum absolute atomic E-state index is 0.511. The summed E-state index contributed by atoms with van der Waals surface area (Å²) in [6.45, 7) is 0. The fourth-order valence-corrected chi connectivity index (χ4v) is 0.879. The molecule has 0 aromatic carbocycles. The highest BCUT2D eigenvalue weighted by Gasteiger charge is 2.36. The van der Waals surface area contributed by atoms with Crippen LogP contribution in [0.3, 0.4) is 0 Å². The Bertz CT molecular complexity index is 389. The Balaban J connectivity index is 3.23. The number of pyridine rings is 1. The summed E-state index contributed by atoms with van der Waals surface area (Å²) in [5.41, 5.74) is -2.02. The molecule has 0 saturated heterocycles. The fourth-order valence-electron chi connectivity index (χ4n) is 0.879. The molecule has 0 amide bonds. The van der Waals surface area contributed by atoms with Gasteiger partial charge in [-0.25, -0.2) is 9.78 Å². The normalized spacial score (nSPS) is 11.2. The van der Waals surface area contributed by atoms with E-state index >= 15 is 0 Å². The van der Waals surface area contributed by atoms with Gasteiger partial charge in [0.15, 0.2) is 5.69 Å². The van der Waals surface area contributed by atoms with E-state index in [1.54, 1.807) is 0 Å². The highest BCUT2D eigenvalue weighted by Crippen LogP contribution is 2.33. The molecule has 0 aliphatic heterocycles. The Hall–Kier alpha value is -1.79. The van der Waals surface area contributed by atoms with Crippen LogP contribution in [0.1, 0.15) is 16.2 Å². The molecule has 1 rings (SSSR count). The number of carbonyl (C=O) groups is 1. The average molecular weight is 221 g/mol. The number of hydrogen-bond acceptors (Lipinski definition) is 4. The van der Waals surface area contributed by atoms with Crippen LogP contribution in [-0.2, 0) is 10.9 Å². The first kappa shape index (κ1) is 11.3. The minimum Gasteiger partial charge on any atom is -0.506 e. The van der Waals surface area contributed by atoms with Gasteiger partial charge in [0, 0.05) is 0 Å². The monoisotopic (exact) mass is 221 g/mol. The molecule has 0 atom stereocenters. The second-order valence-electron chi connectivity index (χ2n) is 2.55. The molecule has 0 saturated carbocycles. The molecule has 0 spiro atoms. The van der Waals surface area contributed by atoms with Crippen molar-refractivity contribution in [1.29, 1.82) is 0 Å². The van der Waals surface area contributed by atoms with Gasteiger partial charge in [-0.2, -0.15) is 13.2 Å². The molecule has 1 aromatic heterocycles. The summed E-state index contributed by atoms with van der Waals surface area (Å²) in [4.78, 5) is 13.8. The number of rotatable bonds is 1. The van der Waals surface area contributed by atoms with Crippen LogP contribution >= 0.6 is 0 Å². The number of aromatic nitrogens is 1. The lowest BCUT2D eigenvalue weighted by Crippen LogP contribution is -2.12. The molecular weight excluding hydrogens is 215 g/mol. The number of alkyl halides is 3. The summed E-state index contributed by atoms with van der Waals surface area (Å²) in [5, 5.41) is 8.89. The lowest BCUT2D eigenvalue weighted by atomic mass is 10.2. The van der Waals surface area contributed by atoms with Crippen LogP contribution in [-0.4, -0.2) is 23.2 Å². The third kappa shape index (κ3) is 2.36. The van der Waals surface area contributed by atoms with Gasteiger partial charge in [0.2, 0.25) is 0 Å². The number of carbonyl (C=O) groups excluding carboxylic acids is 1. The number of methoxy groups -OCH3 is 1. The first-order chi connectivity index (χ1) is 6.86. The van der Waals surface area contributed by atoms with Gasteiger partial charge >= 0.3 is 12.1 Å². The summed E-state index contributed by atoms with van der Waals surface area (Å²) in [5.74, 6) is -2.03. The van der Waals surface area contributed by atoms with Crippen molar-refractivity contribution >= 4 is 5.97 Å². The van der Waals surface area contributed by atoms with Crippen LogP contribution in [0.2, 0.25) is 0 Å². The maximum atomic E-state index is 12.2. The Morgan fingerprint density at radius 3 is 2.53 bits per heavy atom. The van der Waals surface area contributed by atoms with Crippen molar-refractivity contribution < 1.29 is 27.8 Å². The van der Waals surface area contributed by atoms with E-state index < -0.39 is 29.3 Å². The van der Waals surface area contributed by atoms with E-state index in [0.717, 1.165) is 19.2 Å². The van der Waals surface area contributed by atoms with E-state index in [-0.39, 0.29) is 0 Å². The number of ether oxygens (including phenoxy) is 1. The zero-order valence-electron chi connectivity index (χ0n) is 7.50. The average Bonchev–Trinajstić information content (AvgIpc) is 2.15. The topological polar surface area (TPSA) is 59.4 Å². The first-order valence-corrected chi connectivity index (χ1v) is 3.71. The Morgan fingerprint density at radius 2 is 2.07 bits per heavy atom.